The predicted octanol–water partition coefficient (Wildman–Crippen LogP) is 2.53. The number of aryl methyl sites for hydroxylation is 1. The van der Waals surface area contributed by atoms with Gasteiger partial charge in [0.2, 0.25) is 0 Å². The van der Waals surface area contributed by atoms with Crippen molar-refractivity contribution in [2.24, 2.45) is 0 Å². The first-order chi connectivity index (χ1) is 12.0. The molecule has 0 N–H and O–H groups in total. The molecule has 0 bridgehead atoms. The van der Waals surface area contributed by atoms with Gasteiger partial charge < -0.3 is 0 Å². The Labute approximate surface area is 141 Å². The van der Waals surface area contributed by atoms with Gasteiger partial charge in [0.25, 0.3) is 5.56 Å². The second-order valence-electron chi connectivity index (χ2n) is 6.13. The molecule has 1 aromatic carbocycles. The van der Waals surface area contributed by atoms with E-state index in [0.29, 0.717) is 17.0 Å². The van der Waals surface area contributed by atoms with E-state index in [1.165, 1.54) is 27.5 Å². The fourth-order valence-corrected chi connectivity index (χ4v) is 2.87. The maximum absolute atomic E-state index is 13.2. The molecule has 0 saturated heterocycles. The normalized spacial score (nSPS) is 11.7. The second-order valence-corrected chi connectivity index (χ2v) is 6.13. The van der Waals surface area contributed by atoms with E-state index in [9.17, 15) is 9.18 Å². The highest BCUT2D eigenvalue weighted by Crippen LogP contribution is 2.27. The Morgan fingerprint density at radius 3 is 2.48 bits per heavy atom. The van der Waals surface area contributed by atoms with Crippen LogP contribution < -0.4 is 5.56 Å². The molecule has 126 valence electrons. The van der Waals surface area contributed by atoms with Crippen LogP contribution in [0.5, 0.6) is 0 Å². The Morgan fingerprint density at radius 1 is 1.08 bits per heavy atom. The second kappa shape index (κ2) is 5.44. The summed E-state index contributed by atoms with van der Waals surface area (Å²) in [4.78, 5) is 16.9. The Kier molecular flexibility index (Phi) is 3.34. The zero-order valence-electron chi connectivity index (χ0n) is 13.9. The average Bonchev–Trinajstić information content (AvgIpc) is 2.92. The number of hydrogen-bond donors (Lipinski definition) is 0. The van der Waals surface area contributed by atoms with Crippen LogP contribution in [0.3, 0.4) is 0 Å². The zero-order chi connectivity index (χ0) is 17.7. The highest BCUT2D eigenvalue weighted by Gasteiger charge is 2.18. The van der Waals surface area contributed by atoms with Crippen molar-refractivity contribution < 1.29 is 4.39 Å². The predicted molar refractivity (Wildman–Crippen MR) is 90.9 cm³/mol. The lowest BCUT2D eigenvalue weighted by atomic mass is 10.1. The van der Waals surface area contributed by atoms with Gasteiger partial charge in [-0.25, -0.2) is 9.37 Å². The summed E-state index contributed by atoms with van der Waals surface area (Å²) in [6.45, 7) is 5.62. The van der Waals surface area contributed by atoms with Gasteiger partial charge in [-0.05, 0) is 38.5 Å². The molecule has 0 spiro atoms. The molecule has 0 atom stereocenters. The Morgan fingerprint density at radius 2 is 1.80 bits per heavy atom. The minimum absolute atomic E-state index is 0.0315. The van der Waals surface area contributed by atoms with E-state index in [1.807, 2.05) is 20.8 Å². The number of fused-ring (bicyclic) bond motifs is 3. The number of benzene rings is 1. The molecule has 3 heterocycles. The third-order valence-corrected chi connectivity index (χ3v) is 4.12. The quantitative estimate of drug-likeness (QED) is 0.561. The van der Waals surface area contributed by atoms with Crippen LogP contribution in [0.25, 0.3) is 27.9 Å². The largest absolute Gasteiger partial charge is 0.295 e. The lowest BCUT2D eigenvalue weighted by molar-refractivity contribution is 0.570. The molecule has 0 radical (unpaired) electrons. The molecule has 0 aliphatic carbocycles. The minimum Gasteiger partial charge on any atom is -0.295 e. The highest BCUT2D eigenvalue weighted by molar-refractivity contribution is 5.83. The van der Waals surface area contributed by atoms with Gasteiger partial charge in [0, 0.05) is 6.04 Å². The summed E-state index contributed by atoms with van der Waals surface area (Å²) < 4.78 is 16.2. The van der Waals surface area contributed by atoms with Gasteiger partial charge in [-0.1, -0.05) is 12.1 Å². The molecule has 0 aliphatic rings. The first-order valence-electron chi connectivity index (χ1n) is 7.86. The fraction of sp³-hybridized carbons (Fsp3) is 0.235. The molecule has 8 heteroatoms. The zero-order valence-corrected chi connectivity index (χ0v) is 13.9. The van der Waals surface area contributed by atoms with Crippen LogP contribution in [0.2, 0.25) is 0 Å². The molecule has 4 rings (SSSR count). The van der Waals surface area contributed by atoms with Gasteiger partial charge in [-0.2, -0.15) is 9.61 Å². The molecular formula is C17H15FN6O. The van der Waals surface area contributed by atoms with Crippen molar-refractivity contribution in [3.05, 3.63) is 52.5 Å². The van der Waals surface area contributed by atoms with Crippen LogP contribution >= 0.6 is 0 Å². The number of hydrogen-bond acceptors (Lipinski definition) is 5. The smallest absolute Gasteiger partial charge is 0.283 e. The third kappa shape index (κ3) is 2.29. The van der Waals surface area contributed by atoms with Crippen molar-refractivity contribution in [3.63, 3.8) is 0 Å². The average molecular weight is 338 g/mol. The lowest BCUT2D eigenvalue weighted by Gasteiger charge is -2.09. The van der Waals surface area contributed by atoms with Crippen molar-refractivity contribution in [2.75, 3.05) is 0 Å². The van der Waals surface area contributed by atoms with E-state index in [1.54, 1.807) is 12.1 Å². The summed E-state index contributed by atoms with van der Waals surface area (Å²) in [5.41, 5.74) is 2.95. The number of aromatic nitrogens is 6. The van der Waals surface area contributed by atoms with Gasteiger partial charge in [-0.15, -0.1) is 10.2 Å². The summed E-state index contributed by atoms with van der Waals surface area (Å²) in [5.74, 6) is -0.315. The van der Waals surface area contributed by atoms with Gasteiger partial charge in [0.15, 0.2) is 16.8 Å². The summed E-state index contributed by atoms with van der Waals surface area (Å²) in [5, 5.41) is 12.7. The van der Waals surface area contributed by atoms with Gasteiger partial charge >= 0.3 is 0 Å². The molecule has 3 aromatic heterocycles. The first kappa shape index (κ1) is 15.4. The van der Waals surface area contributed by atoms with Crippen LogP contribution in [-0.4, -0.2) is 29.4 Å². The summed E-state index contributed by atoms with van der Waals surface area (Å²) in [6, 6.07) is 6.06. The molecule has 0 unspecified atom stereocenters. The van der Waals surface area contributed by atoms with E-state index >= 15 is 0 Å². The monoisotopic (exact) mass is 338 g/mol. The van der Waals surface area contributed by atoms with Crippen LogP contribution in [0.1, 0.15) is 25.6 Å². The van der Waals surface area contributed by atoms with Crippen LogP contribution in [-0.2, 0) is 0 Å². The van der Waals surface area contributed by atoms with Crippen molar-refractivity contribution in [3.8, 4) is 11.1 Å². The van der Waals surface area contributed by atoms with E-state index < -0.39 is 0 Å². The van der Waals surface area contributed by atoms with E-state index in [-0.39, 0.29) is 22.9 Å². The highest BCUT2D eigenvalue weighted by atomic mass is 19.1. The Bertz CT molecular complexity index is 1160. The Hall–Kier alpha value is -3.16. The minimum atomic E-state index is -0.315. The molecule has 25 heavy (non-hydrogen) atoms. The maximum Gasteiger partial charge on any atom is 0.283 e. The topological polar surface area (TPSA) is 78.0 Å². The number of rotatable bonds is 2. The standard InChI is InChI=1S/C17H15FN6O/c1-9(2)23-8-19-16-14(17(23)25)20-21-15-13(10(3)22-24(15)16)11-4-6-12(18)7-5-11/h4-9H,1-3H3. The van der Waals surface area contributed by atoms with E-state index in [4.69, 9.17) is 0 Å². The summed E-state index contributed by atoms with van der Waals surface area (Å²) in [6.07, 6.45) is 1.49. The molecule has 0 saturated carbocycles. The molecule has 0 amide bonds. The molecule has 0 aliphatic heterocycles. The number of halogens is 1. The van der Waals surface area contributed by atoms with Crippen molar-refractivity contribution in [2.45, 2.75) is 26.8 Å². The molecule has 0 fully saturated rings. The van der Waals surface area contributed by atoms with Crippen molar-refractivity contribution in [1.29, 1.82) is 0 Å². The SMILES string of the molecule is Cc1nn2c(nnc3c(=O)n(C(C)C)cnc32)c1-c1ccc(F)cc1. The third-order valence-electron chi connectivity index (χ3n) is 4.12. The molecule has 4 aromatic rings. The van der Waals surface area contributed by atoms with Crippen LogP contribution in [0, 0.1) is 12.7 Å². The number of nitrogens with zero attached hydrogens (tertiary/aromatic N) is 6. The first-order valence-corrected chi connectivity index (χ1v) is 7.86. The summed E-state index contributed by atoms with van der Waals surface area (Å²) >= 11 is 0. The van der Waals surface area contributed by atoms with Crippen LogP contribution in [0.4, 0.5) is 4.39 Å². The molecular weight excluding hydrogens is 323 g/mol. The summed E-state index contributed by atoms with van der Waals surface area (Å²) in [7, 11) is 0. The van der Waals surface area contributed by atoms with E-state index in [2.05, 4.69) is 20.3 Å². The van der Waals surface area contributed by atoms with E-state index in [0.717, 1.165) is 11.1 Å². The Balaban J connectivity index is 2.04. The lowest BCUT2D eigenvalue weighted by Crippen LogP contribution is -2.24. The van der Waals surface area contributed by atoms with Gasteiger partial charge in [-0.3, -0.25) is 9.36 Å². The van der Waals surface area contributed by atoms with Gasteiger partial charge in [0.1, 0.15) is 12.1 Å². The molecule has 7 nitrogen and oxygen atoms in total. The van der Waals surface area contributed by atoms with Crippen LogP contribution in [0.15, 0.2) is 35.4 Å². The van der Waals surface area contributed by atoms with Crippen molar-refractivity contribution in [1.82, 2.24) is 29.4 Å². The fourth-order valence-electron chi connectivity index (χ4n) is 2.87. The van der Waals surface area contributed by atoms with Gasteiger partial charge in [0.05, 0.1) is 11.3 Å². The maximum atomic E-state index is 13.2. The van der Waals surface area contributed by atoms with Crippen molar-refractivity contribution >= 4 is 16.8 Å².